The van der Waals surface area contributed by atoms with Gasteiger partial charge in [-0.2, -0.15) is 0 Å². The summed E-state index contributed by atoms with van der Waals surface area (Å²) in [5.41, 5.74) is 0.487. The average molecular weight is 270 g/mol. The molecule has 1 heterocycles. The number of ether oxygens (including phenoxy) is 1. The molecule has 1 atom stereocenters. The number of methoxy groups -OCH3 is 1. The number of carbonyl (C=O) groups excluding carboxylic acids is 1. The summed E-state index contributed by atoms with van der Waals surface area (Å²) < 4.78 is 31.1. The number of nitrogens with one attached hydrogen (secondary N) is 2. The van der Waals surface area contributed by atoms with Gasteiger partial charge in [-0.1, -0.05) is 6.07 Å². The molecule has 0 spiro atoms. The Labute approximate surface area is 110 Å². The molecule has 0 bridgehead atoms. The number of hydrogen-bond acceptors (Lipinski definition) is 3. The molecule has 1 aromatic rings. The Kier molecular flexibility index (Phi) is 4.44. The maximum absolute atomic E-state index is 13.2. The van der Waals surface area contributed by atoms with Gasteiger partial charge in [0.15, 0.2) is 11.6 Å². The van der Waals surface area contributed by atoms with E-state index < -0.39 is 17.7 Å². The third-order valence-corrected chi connectivity index (χ3v) is 3.15. The summed E-state index contributed by atoms with van der Waals surface area (Å²) in [6.07, 6.45) is 0. The Morgan fingerprint density at radius 3 is 2.74 bits per heavy atom. The zero-order valence-corrected chi connectivity index (χ0v) is 10.6. The summed E-state index contributed by atoms with van der Waals surface area (Å²) in [6.45, 7) is 1.49. The molecule has 4 nitrogen and oxygen atoms in total. The van der Waals surface area contributed by atoms with Gasteiger partial charge in [-0.15, -0.1) is 0 Å². The van der Waals surface area contributed by atoms with Crippen LogP contribution in [0.4, 0.5) is 8.78 Å². The number of carbonyl (C=O) groups is 1. The van der Waals surface area contributed by atoms with Crippen molar-refractivity contribution < 1.29 is 18.3 Å². The number of halogens is 2. The van der Waals surface area contributed by atoms with E-state index in [0.29, 0.717) is 18.7 Å². The van der Waals surface area contributed by atoms with Crippen LogP contribution in [0.1, 0.15) is 11.6 Å². The zero-order chi connectivity index (χ0) is 13.8. The average Bonchev–Trinajstić information content (AvgIpc) is 2.30. The van der Waals surface area contributed by atoms with Crippen molar-refractivity contribution in [3.05, 3.63) is 35.4 Å². The fraction of sp³-hybridized carbons (Fsp3) is 0.462. The summed E-state index contributed by atoms with van der Waals surface area (Å²) in [7, 11) is 1.49. The SMILES string of the molecule is COCC(NC(=O)C1CNC1)c1ccc(F)c(F)c1. The summed E-state index contributed by atoms with van der Waals surface area (Å²) in [4.78, 5) is 11.9. The summed E-state index contributed by atoms with van der Waals surface area (Å²) >= 11 is 0. The standard InChI is InChI=1S/C13H16F2N2O2/c1-19-7-12(17-13(18)9-5-16-6-9)8-2-3-10(14)11(15)4-8/h2-4,9,12,16H,5-7H2,1H3,(H,17,18). The molecule has 1 aliphatic rings. The molecule has 19 heavy (non-hydrogen) atoms. The highest BCUT2D eigenvalue weighted by atomic mass is 19.2. The van der Waals surface area contributed by atoms with Crippen molar-refractivity contribution in [3.63, 3.8) is 0 Å². The lowest BCUT2D eigenvalue weighted by Crippen LogP contribution is -2.51. The fourth-order valence-corrected chi connectivity index (χ4v) is 1.88. The molecule has 1 fully saturated rings. The predicted octanol–water partition coefficient (Wildman–Crippen LogP) is 0.988. The van der Waals surface area contributed by atoms with E-state index in [1.165, 1.54) is 13.2 Å². The zero-order valence-electron chi connectivity index (χ0n) is 10.6. The Morgan fingerprint density at radius 2 is 2.21 bits per heavy atom. The van der Waals surface area contributed by atoms with Crippen LogP contribution in [0.25, 0.3) is 0 Å². The highest BCUT2D eigenvalue weighted by molar-refractivity contribution is 5.80. The summed E-state index contributed by atoms with van der Waals surface area (Å²) in [5.74, 6) is -2.01. The van der Waals surface area contributed by atoms with E-state index in [1.807, 2.05) is 0 Å². The Balaban J connectivity index is 2.09. The molecule has 1 aliphatic heterocycles. The minimum Gasteiger partial charge on any atom is -0.382 e. The molecule has 2 N–H and O–H groups in total. The molecular weight excluding hydrogens is 254 g/mol. The quantitative estimate of drug-likeness (QED) is 0.839. The second kappa shape index (κ2) is 6.08. The first kappa shape index (κ1) is 13.9. The van der Waals surface area contributed by atoms with Crippen molar-refractivity contribution in [2.24, 2.45) is 5.92 Å². The van der Waals surface area contributed by atoms with Gasteiger partial charge in [0.25, 0.3) is 0 Å². The van der Waals surface area contributed by atoms with Gasteiger partial charge in [0.1, 0.15) is 0 Å². The van der Waals surface area contributed by atoms with E-state index in [0.717, 1.165) is 12.1 Å². The molecule has 0 saturated carbocycles. The van der Waals surface area contributed by atoms with E-state index in [1.54, 1.807) is 0 Å². The molecule has 0 aromatic heterocycles. The molecule has 104 valence electrons. The lowest BCUT2D eigenvalue weighted by Gasteiger charge is -2.28. The normalized spacial score (nSPS) is 16.8. The molecule has 1 saturated heterocycles. The topological polar surface area (TPSA) is 50.4 Å². The van der Waals surface area contributed by atoms with Crippen LogP contribution in [0.2, 0.25) is 0 Å². The Bertz CT molecular complexity index is 464. The van der Waals surface area contributed by atoms with Crippen molar-refractivity contribution in [2.45, 2.75) is 6.04 Å². The molecular formula is C13H16F2N2O2. The predicted molar refractivity (Wildman–Crippen MR) is 65.5 cm³/mol. The van der Waals surface area contributed by atoms with Gasteiger partial charge >= 0.3 is 0 Å². The minimum atomic E-state index is -0.932. The molecule has 1 amide bonds. The van der Waals surface area contributed by atoms with Crippen LogP contribution < -0.4 is 10.6 Å². The van der Waals surface area contributed by atoms with E-state index in [2.05, 4.69) is 10.6 Å². The first-order chi connectivity index (χ1) is 9.11. The van der Waals surface area contributed by atoms with Crippen molar-refractivity contribution in [2.75, 3.05) is 26.8 Å². The fourth-order valence-electron chi connectivity index (χ4n) is 1.88. The monoisotopic (exact) mass is 270 g/mol. The molecule has 0 radical (unpaired) electrons. The van der Waals surface area contributed by atoms with Crippen LogP contribution in [0.15, 0.2) is 18.2 Å². The lowest BCUT2D eigenvalue weighted by atomic mass is 10.0. The lowest BCUT2D eigenvalue weighted by molar-refractivity contribution is -0.127. The molecule has 1 aromatic carbocycles. The second-order valence-electron chi connectivity index (χ2n) is 4.55. The van der Waals surface area contributed by atoms with Gasteiger partial charge in [0, 0.05) is 20.2 Å². The molecule has 1 unspecified atom stereocenters. The maximum Gasteiger partial charge on any atom is 0.226 e. The highest BCUT2D eigenvalue weighted by Crippen LogP contribution is 2.18. The van der Waals surface area contributed by atoms with Gasteiger partial charge in [-0.25, -0.2) is 8.78 Å². The molecule has 0 aliphatic carbocycles. The van der Waals surface area contributed by atoms with Crippen LogP contribution in [-0.4, -0.2) is 32.7 Å². The van der Waals surface area contributed by atoms with Crippen LogP contribution in [0.5, 0.6) is 0 Å². The first-order valence-corrected chi connectivity index (χ1v) is 6.06. The number of hydrogen-bond donors (Lipinski definition) is 2. The summed E-state index contributed by atoms with van der Waals surface area (Å²) in [5, 5.41) is 5.79. The highest BCUT2D eigenvalue weighted by Gasteiger charge is 2.27. The van der Waals surface area contributed by atoms with Gasteiger partial charge < -0.3 is 15.4 Å². The molecule has 6 heteroatoms. The van der Waals surface area contributed by atoms with Crippen LogP contribution in [-0.2, 0) is 9.53 Å². The Hall–Kier alpha value is -1.53. The Morgan fingerprint density at radius 1 is 1.47 bits per heavy atom. The second-order valence-corrected chi connectivity index (χ2v) is 4.55. The van der Waals surface area contributed by atoms with E-state index in [9.17, 15) is 13.6 Å². The van der Waals surface area contributed by atoms with Crippen molar-refractivity contribution in [1.29, 1.82) is 0 Å². The van der Waals surface area contributed by atoms with Crippen LogP contribution in [0.3, 0.4) is 0 Å². The number of rotatable bonds is 5. The maximum atomic E-state index is 13.2. The minimum absolute atomic E-state index is 0.0651. The summed E-state index contributed by atoms with van der Waals surface area (Å²) in [6, 6.07) is 3.10. The van der Waals surface area contributed by atoms with E-state index in [4.69, 9.17) is 4.74 Å². The first-order valence-electron chi connectivity index (χ1n) is 6.06. The third-order valence-electron chi connectivity index (χ3n) is 3.15. The third kappa shape index (κ3) is 3.27. The van der Waals surface area contributed by atoms with Crippen molar-refractivity contribution >= 4 is 5.91 Å². The van der Waals surface area contributed by atoms with E-state index in [-0.39, 0.29) is 18.4 Å². The number of benzene rings is 1. The largest absolute Gasteiger partial charge is 0.382 e. The van der Waals surface area contributed by atoms with Crippen molar-refractivity contribution in [1.82, 2.24) is 10.6 Å². The van der Waals surface area contributed by atoms with E-state index >= 15 is 0 Å². The smallest absolute Gasteiger partial charge is 0.226 e. The van der Waals surface area contributed by atoms with Crippen LogP contribution >= 0.6 is 0 Å². The van der Waals surface area contributed by atoms with Crippen LogP contribution in [0, 0.1) is 17.6 Å². The van der Waals surface area contributed by atoms with Gasteiger partial charge in [0.2, 0.25) is 5.91 Å². The van der Waals surface area contributed by atoms with Gasteiger partial charge in [-0.3, -0.25) is 4.79 Å². The van der Waals surface area contributed by atoms with Gasteiger partial charge in [0.05, 0.1) is 18.6 Å². The number of amides is 1. The van der Waals surface area contributed by atoms with Crippen molar-refractivity contribution in [3.8, 4) is 0 Å². The van der Waals surface area contributed by atoms with Gasteiger partial charge in [-0.05, 0) is 17.7 Å². The molecule has 2 rings (SSSR count).